The fourth-order valence-electron chi connectivity index (χ4n) is 4.45. The SMILES string of the molecule is CCCCOCCOc1ccc(-c2ccc(OC)c(/C=C/C(=O)Nc3ccc([S@+]([O-])CC4C#CN=CN4CC)cc3)c2)cc1. The average Bonchev–Trinajstić information content (AvgIpc) is 3.06. The molecule has 44 heavy (non-hydrogen) atoms. The minimum Gasteiger partial charge on any atom is -0.611 e. The Balaban J connectivity index is 1.33. The summed E-state index contributed by atoms with van der Waals surface area (Å²) in [5, 5.41) is 2.86. The third-order valence-corrected chi connectivity index (χ3v) is 8.35. The van der Waals surface area contributed by atoms with Gasteiger partial charge in [-0.2, -0.15) is 4.99 Å². The number of nitrogens with zero attached hydrogens (tertiary/aromatic N) is 2. The van der Waals surface area contributed by atoms with E-state index in [-0.39, 0.29) is 11.9 Å². The van der Waals surface area contributed by atoms with Crippen LogP contribution in [-0.4, -0.2) is 67.0 Å². The highest BCUT2D eigenvalue weighted by Crippen LogP contribution is 2.29. The normalized spacial score (nSPS) is 14.6. The Hall–Kier alpha value is -4.23. The molecule has 0 radical (unpaired) electrons. The quantitative estimate of drug-likeness (QED) is 0.0920. The number of carbonyl (C=O) groups excluding carboxylic acids is 1. The van der Waals surface area contributed by atoms with Crippen LogP contribution in [0.3, 0.4) is 0 Å². The smallest absolute Gasteiger partial charge is 0.248 e. The molecule has 0 aromatic heterocycles. The lowest BCUT2D eigenvalue weighted by Gasteiger charge is -2.26. The molecule has 1 aliphatic heterocycles. The molecule has 1 heterocycles. The van der Waals surface area contributed by atoms with Crippen molar-refractivity contribution in [2.45, 2.75) is 37.6 Å². The summed E-state index contributed by atoms with van der Waals surface area (Å²) in [7, 11) is 1.60. The molecule has 3 aromatic rings. The maximum Gasteiger partial charge on any atom is 0.248 e. The molecule has 1 unspecified atom stereocenters. The number of aliphatic imine (C=N–C) groups is 1. The van der Waals surface area contributed by atoms with Crippen LogP contribution < -0.4 is 14.8 Å². The van der Waals surface area contributed by atoms with Crippen LogP contribution >= 0.6 is 0 Å². The molecular formula is C35H39N3O5S. The maximum atomic E-state index is 12.9. The molecule has 2 atom stereocenters. The van der Waals surface area contributed by atoms with Crippen molar-refractivity contribution < 1.29 is 23.6 Å². The number of anilines is 1. The first-order valence-corrected chi connectivity index (χ1v) is 16.1. The molecule has 230 valence electrons. The highest BCUT2D eigenvalue weighted by atomic mass is 32.2. The summed E-state index contributed by atoms with van der Waals surface area (Å²) in [6, 6.07) is 23.3. The lowest BCUT2D eigenvalue weighted by Crippen LogP contribution is -2.39. The second-order valence-electron chi connectivity index (χ2n) is 10.0. The van der Waals surface area contributed by atoms with Crippen molar-refractivity contribution >= 4 is 35.2 Å². The summed E-state index contributed by atoms with van der Waals surface area (Å²) in [6.45, 7) is 6.73. The van der Waals surface area contributed by atoms with E-state index in [0.29, 0.717) is 35.3 Å². The van der Waals surface area contributed by atoms with Gasteiger partial charge in [0, 0.05) is 36.5 Å². The van der Waals surface area contributed by atoms with Crippen LogP contribution in [0.15, 0.2) is 82.7 Å². The minimum absolute atomic E-state index is 0.142. The van der Waals surface area contributed by atoms with E-state index in [1.807, 2.05) is 54.3 Å². The van der Waals surface area contributed by atoms with Crippen LogP contribution in [0.1, 0.15) is 32.3 Å². The number of carbonyl (C=O) groups is 1. The zero-order chi connectivity index (χ0) is 31.1. The maximum absolute atomic E-state index is 12.9. The van der Waals surface area contributed by atoms with Gasteiger partial charge in [0.2, 0.25) is 5.91 Å². The molecule has 3 aromatic carbocycles. The highest BCUT2D eigenvalue weighted by Gasteiger charge is 2.22. The number of ether oxygens (including phenoxy) is 3. The van der Waals surface area contributed by atoms with Gasteiger partial charge in [-0.15, -0.1) is 0 Å². The first kappa shape index (κ1) is 32.7. The van der Waals surface area contributed by atoms with Gasteiger partial charge in [-0.3, -0.25) is 4.79 Å². The van der Waals surface area contributed by atoms with Gasteiger partial charge in [0.05, 0.1) is 13.7 Å². The Kier molecular flexibility index (Phi) is 12.7. The molecule has 0 bridgehead atoms. The second-order valence-corrected chi connectivity index (χ2v) is 11.5. The van der Waals surface area contributed by atoms with Crippen LogP contribution in [0.2, 0.25) is 0 Å². The van der Waals surface area contributed by atoms with E-state index >= 15 is 0 Å². The molecule has 0 saturated carbocycles. The molecule has 1 N–H and O–H groups in total. The van der Waals surface area contributed by atoms with Gasteiger partial charge in [-0.1, -0.05) is 31.5 Å². The van der Waals surface area contributed by atoms with E-state index in [1.165, 1.54) is 6.08 Å². The van der Waals surface area contributed by atoms with Crippen LogP contribution in [-0.2, 0) is 20.7 Å². The Morgan fingerprint density at radius 3 is 2.55 bits per heavy atom. The largest absolute Gasteiger partial charge is 0.611 e. The summed E-state index contributed by atoms with van der Waals surface area (Å²) in [5.41, 5.74) is 3.38. The van der Waals surface area contributed by atoms with Gasteiger partial charge < -0.3 is 29.0 Å². The fraction of sp³-hybridized carbons (Fsp3) is 0.314. The number of benzene rings is 3. The van der Waals surface area contributed by atoms with Crippen LogP contribution in [0, 0.1) is 12.0 Å². The molecule has 0 aliphatic carbocycles. The molecule has 0 fully saturated rings. The highest BCUT2D eigenvalue weighted by molar-refractivity contribution is 7.91. The fourth-order valence-corrected chi connectivity index (χ4v) is 5.65. The van der Waals surface area contributed by atoms with E-state index in [1.54, 1.807) is 43.8 Å². The van der Waals surface area contributed by atoms with Crippen molar-refractivity contribution in [3.8, 4) is 34.6 Å². The van der Waals surface area contributed by atoms with Crippen molar-refractivity contribution in [2.75, 3.05) is 44.5 Å². The minimum atomic E-state index is -1.24. The van der Waals surface area contributed by atoms with E-state index < -0.39 is 11.2 Å². The van der Waals surface area contributed by atoms with Crippen LogP contribution in [0.5, 0.6) is 11.5 Å². The van der Waals surface area contributed by atoms with Gasteiger partial charge in [0.15, 0.2) is 4.90 Å². The van der Waals surface area contributed by atoms with Crippen molar-refractivity contribution in [2.24, 2.45) is 4.99 Å². The van der Waals surface area contributed by atoms with Crippen molar-refractivity contribution in [3.63, 3.8) is 0 Å². The Labute approximate surface area is 263 Å². The zero-order valence-corrected chi connectivity index (χ0v) is 26.3. The van der Waals surface area contributed by atoms with Gasteiger partial charge in [0.25, 0.3) is 0 Å². The Bertz CT molecular complexity index is 1480. The molecule has 1 aliphatic rings. The van der Waals surface area contributed by atoms with Gasteiger partial charge in [-0.05, 0) is 96.2 Å². The van der Waals surface area contributed by atoms with Crippen molar-refractivity contribution in [3.05, 3.63) is 78.4 Å². The molecule has 0 saturated heterocycles. The monoisotopic (exact) mass is 613 g/mol. The lowest BCUT2D eigenvalue weighted by atomic mass is 10.0. The van der Waals surface area contributed by atoms with Crippen LogP contribution in [0.4, 0.5) is 5.69 Å². The molecule has 9 heteroatoms. The van der Waals surface area contributed by atoms with E-state index in [9.17, 15) is 9.35 Å². The number of methoxy groups -OCH3 is 1. The van der Waals surface area contributed by atoms with Gasteiger partial charge >= 0.3 is 0 Å². The third-order valence-electron chi connectivity index (χ3n) is 6.93. The second kappa shape index (κ2) is 17.2. The predicted molar refractivity (Wildman–Crippen MR) is 177 cm³/mol. The summed E-state index contributed by atoms with van der Waals surface area (Å²) in [5.74, 6) is 4.56. The van der Waals surface area contributed by atoms with E-state index in [0.717, 1.165) is 48.4 Å². The summed E-state index contributed by atoms with van der Waals surface area (Å²) in [4.78, 5) is 19.3. The number of hydrogen-bond acceptors (Lipinski definition) is 7. The summed E-state index contributed by atoms with van der Waals surface area (Å²) >= 11 is -1.24. The number of hydrogen-bond donors (Lipinski definition) is 1. The first-order valence-electron chi connectivity index (χ1n) is 14.8. The topological polar surface area (TPSA) is 95.5 Å². The van der Waals surface area contributed by atoms with Gasteiger partial charge in [-0.25, -0.2) is 0 Å². The standard InChI is InChI=1S/C35H39N3O5S/c1-4-6-21-42-22-23-43-32-13-7-27(8-14-32)28-9-17-34(41-3)29(24-28)10-18-35(39)37-30-11-15-33(16-12-30)44(40)25-31-19-20-36-26-38(31)5-2/h7-18,24,26,31H,4-6,21-23,25H2,1-3H3,(H,37,39)/b18-10+/t31?,44-/m1/s1. The third kappa shape index (κ3) is 9.64. The Morgan fingerprint density at radius 1 is 1.05 bits per heavy atom. The van der Waals surface area contributed by atoms with Gasteiger partial charge in [0.1, 0.15) is 36.2 Å². The first-order chi connectivity index (χ1) is 21.5. The molecule has 8 nitrogen and oxygen atoms in total. The number of amides is 1. The van der Waals surface area contributed by atoms with Crippen molar-refractivity contribution in [1.82, 2.24) is 4.90 Å². The average molecular weight is 614 g/mol. The van der Waals surface area contributed by atoms with E-state index in [2.05, 4.69) is 29.2 Å². The zero-order valence-electron chi connectivity index (χ0n) is 25.5. The summed E-state index contributed by atoms with van der Waals surface area (Å²) < 4.78 is 29.8. The molecule has 4 rings (SSSR count). The number of rotatable bonds is 16. The molecular weight excluding hydrogens is 574 g/mol. The molecule has 1 amide bonds. The molecule has 0 spiro atoms. The van der Waals surface area contributed by atoms with Crippen molar-refractivity contribution in [1.29, 1.82) is 0 Å². The predicted octanol–water partition coefficient (Wildman–Crippen LogP) is 6.01. The lowest BCUT2D eigenvalue weighted by molar-refractivity contribution is -0.111. The van der Waals surface area contributed by atoms with E-state index in [4.69, 9.17) is 14.2 Å². The number of nitrogens with one attached hydrogen (secondary N) is 1. The number of unbranched alkanes of at least 4 members (excludes halogenated alkanes) is 1. The summed E-state index contributed by atoms with van der Waals surface area (Å²) in [6.07, 6.45) is 7.06. The Morgan fingerprint density at radius 2 is 1.82 bits per heavy atom. The van der Waals surface area contributed by atoms with Crippen LogP contribution in [0.25, 0.3) is 17.2 Å².